The van der Waals surface area contributed by atoms with Gasteiger partial charge in [-0.25, -0.2) is 0 Å². The van der Waals surface area contributed by atoms with E-state index in [0.29, 0.717) is 33.8 Å². The Hall–Kier alpha value is -3.87. The molecular formula is C27H30N4O8S2. The van der Waals surface area contributed by atoms with E-state index in [1.165, 1.54) is 23.5 Å². The smallest absolute Gasteiger partial charge is 0.311 e. The maximum Gasteiger partial charge on any atom is 0.311 e. The van der Waals surface area contributed by atoms with Gasteiger partial charge in [0, 0.05) is 26.3 Å². The van der Waals surface area contributed by atoms with Crippen LogP contribution in [0.25, 0.3) is 10.4 Å². The molecule has 2 aromatic carbocycles. The fourth-order valence-corrected chi connectivity index (χ4v) is 6.73. The van der Waals surface area contributed by atoms with Crippen LogP contribution in [0, 0.1) is 32.6 Å². The number of carboxylic acid groups (broad SMARTS) is 1. The van der Waals surface area contributed by atoms with Crippen LogP contribution in [0.2, 0.25) is 0 Å². The van der Waals surface area contributed by atoms with Crippen LogP contribution in [0.1, 0.15) is 54.9 Å². The number of azide groups is 1. The topological polar surface area (TPSA) is 185 Å². The maximum absolute atomic E-state index is 12.1. The van der Waals surface area contributed by atoms with E-state index in [1.807, 2.05) is 31.2 Å². The van der Waals surface area contributed by atoms with E-state index in [1.54, 1.807) is 27.7 Å². The Balaban J connectivity index is 2.25. The van der Waals surface area contributed by atoms with Crippen LogP contribution in [0.3, 0.4) is 0 Å². The first-order valence-electron chi connectivity index (χ1n) is 12.4. The lowest BCUT2D eigenvalue weighted by atomic mass is 10.1. The van der Waals surface area contributed by atoms with Gasteiger partial charge in [-0.2, -0.15) is 0 Å². The van der Waals surface area contributed by atoms with Crippen molar-refractivity contribution in [1.82, 2.24) is 0 Å². The molecule has 2 aromatic rings. The molecule has 1 unspecified atom stereocenters. The molecule has 12 nitrogen and oxygen atoms in total. The summed E-state index contributed by atoms with van der Waals surface area (Å²) in [5.41, 5.74) is 11.8. The second-order valence-electron chi connectivity index (χ2n) is 9.33. The number of aliphatic carboxylic acids is 1. The number of benzene rings is 2. The molecule has 0 aliphatic heterocycles. The summed E-state index contributed by atoms with van der Waals surface area (Å²) in [6.07, 6.45) is -1.14. The second-order valence-corrected chi connectivity index (χ2v) is 12.7. The molecule has 0 aromatic heterocycles. The van der Waals surface area contributed by atoms with Gasteiger partial charge in [0.15, 0.2) is 0 Å². The number of carbonyl (C=O) groups is 4. The van der Waals surface area contributed by atoms with Crippen LogP contribution in [0.5, 0.6) is 11.5 Å². The fraction of sp³-hybridized carbons (Fsp3) is 0.407. The SMILES string of the molecule is Cc1cc(SC(C)(CN=[N+]=[N-])Sc2cc(C)c(OC(=O)CCC(=O)N=O)c(C)c2)cc(C)c1OC(=O)CCC(=O)O. The Morgan fingerprint density at radius 3 is 1.61 bits per heavy atom. The van der Waals surface area contributed by atoms with E-state index in [4.69, 9.17) is 20.1 Å². The van der Waals surface area contributed by atoms with E-state index >= 15 is 0 Å². The largest absolute Gasteiger partial charge is 0.481 e. The van der Waals surface area contributed by atoms with Crippen LogP contribution in [0.15, 0.2) is 44.3 Å². The highest BCUT2D eigenvalue weighted by molar-refractivity contribution is 8.18. The van der Waals surface area contributed by atoms with Crippen molar-refractivity contribution >= 4 is 47.3 Å². The fourth-order valence-electron chi connectivity index (χ4n) is 3.80. The number of nitroso groups, excluding NO2 is 1. The zero-order valence-electron chi connectivity index (χ0n) is 23.3. The molecule has 0 spiro atoms. The molecule has 2 rings (SSSR count). The molecule has 0 saturated carbocycles. The maximum atomic E-state index is 12.1. The van der Waals surface area contributed by atoms with Crippen LogP contribution < -0.4 is 9.47 Å². The number of carbonyl (C=O) groups excluding carboxylic acids is 3. The average molecular weight is 603 g/mol. The summed E-state index contributed by atoms with van der Waals surface area (Å²) in [6.45, 7) is 9.19. The van der Waals surface area contributed by atoms with Gasteiger partial charge in [-0.05, 0) is 86.7 Å². The Kier molecular flexibility index (Phi) is 12.4. The number of rotatable bonds is 14. The lowest BCUT2D eigenvalue weighted by Gasteiger charge is -2.28. The van der Waals surface area contributed by atoms with Gasteiger partial charge in [0.1, 0.15) is 11.5 Å². The molecule has 0 saturated heterocycles. The van der Waals surface area contributed by atoms with Crippen molar-refractivity contribution in [3.05, 3.63) is 61.9 Å². The van der Waals surface area contributed by atoms with Gasteiger partial charge in [-0.3, -0.25) is 19.2 Å². The third-order valence-corrected chi connectivity index (χ3v) is 8.14. The molecule has 0 radical (unpaired) electrons. The second kappa shape index (κ2) is 15.2. The van der Waals surface area contributed by atoms with E-state index in [2.05, 4.69) is 15.2 Å². The number of amides is 1. The summed E-state index contributed by atoms with van der Waals surface area (Å²) in [4.78, 5) is 60.8. The normalized spacial score (nSPS) is 12.0. The van der Waals surface area contributed by atoms with Crippen LogP contribution in [-0.4, -0.2) is 39.5 Å². The minimum atomic E-state index is -1.08. The van der Waals surface area contributed by atoms with Crippen molar-refractivity contribution < 1.29 is 33.8 Å². The highest BCUT2D eigenvalue weighted by atomic mass is 32.2. The first kappa shape index (κ1) is 33.3. The van der Waals surface area contributed by atoms with Crippen LogP contribution >= 0.6 is 23.5 Å². The Morgan fingerprint density at radius 2 is 1.24 bits per heavy atom. The molecular weight excluding hydrogens is 572 g/mol. The van der Waals surface area contributed by atoms with Crippen molar-refractivity contribution in [1.29, 1.82) is 0 Å². The van der Waals surface area contributed by atoms with Crippen molar-refractivity contribution in [2.75, 3.05) is 6.54 Å². The van der Waals surface area contributed by atoms with Gasteiger partial charge >= 0.3 is 17.9 Å². The summed E-state index contributed by atoms with van der Waals surface area (Å²) in [6, 6.07) is 7.36. The number of hydrogen-bond donors (Lipinski definition) is 1. The molecule has 1 amide bonds. The molecule has 41 heavy (non-hydrogen) atoms. The zero-order valence-corrected chi connectivity index (χ0v) is 24.9. The van der Waals surface area contributed by atoms with Crippen molar-refractivity contribution in [2.45, 2.75) is 74.2 Å². The number of ether oxygens (including phenoxy) is 2. The Morgan fingerprint density at radius 1 is 0.829 bits per heavy atom. The minimum Gasteiger partial charge on any atom is -0.481 e. The van der Waals surface area contributed by atoms with Gasteiger partial charge in [0.05, 0.1) is 29.9 Å². The van der Waals surface area contributed by atoms with Gasteiger partial charge in [-0.15, -0.1) is 28.4 Å². The first-order chi connectivity index (χ1) is 19.3. The van der Waals surface area contributed by atoms with Gasteiger partial charge in [-0.1, -0.05) is 5.11 Å². The number of nitrogens with zero attached hydrogens (tertiary/aromatic N) is 4. The monoisotopic (exact) mass is 602 g/mol. The Labute approximate surface area is 245 Å². The van der Waals surface area contributed by atoms with Gasteiger partial charge in [0.2, 0.25) is 0 Å². The molecule has 1 atom stereocenters. The molecule has 0 aliphatic rings. The van der Waals surface area contributed by atoms with E-state index in [-0.39, 0.29) is 32.2 Å². The number of aryl methyl sites for hydroxylation is 4. The summed E-state index contributed by atoms with van der Waals surface area (Å²) in [7, 11) is 0. The number of thioether (sulfide) groups is 2. The van der Waals surface area contributed by atoms with Crippen molar-refractivity contribution in [3.8, 4) is 11.5 Å². The number of carboxylic acids is 1. The molecule has 0 bridgehead atoms. The lowest BCUT2D eigenvalue weighted by molar-refractivity contribution is -0.142. The predicted molar refractivity (Wildman–Crippen MR) is 154 cm³/mol. The third-order valence-electron chi connectivity index (χ3n) is 5.58. The average Bonchev–Trinajstić information content (AvgIpc) is 2.89. The highest BCUT2D eigenvalue weighted by Crippen LogP contribution is 2.48. The lowest BCUT2D eigenvalue weighted by Crippen LogP contribution is -2.19. The number of esters is 2. The minimum absolute atomic E-state index is 0.135. The zero-order chi connectivity index (χ0) is 30.7. The summed E-state index contributed by atoms with van der Waals surface area (Å²) in [5, 5.41) is 14.9. The van der Waals surface area contributed by atoms with Crippen LogP contribution in [-0.2, 0) is 19.2 Å². The predicted octanol–water partition coefficient (Wildman–Crippen LogP) is 6.58. The summed E-state index contributed by atoms with van der Waals surface area (Å²) < 4.78 is 10.2. The third kappa shape index (κ3) is 10.6. The standard InChI is InChI=1S/C27H30N4O8S2/c1-15-10-19(11-16(2)25(15)38-23(35)8-6-21(32)30-37)40-27(5,14-29-31-28)41-20-12-17(3)26(18(4)13-20)39-24(36)9-7-22(33)34/h10-13H,6-9,14H2,1-5H3,(H,33,34). The first-order valence-corrected chi connectivity index (χ1v) is 14.0. The van der Waals surface area contributed by atoms with E-state index in [0.717, 1.165) is 9.79 Å². The molecule has 0 aliphatic carbocycles. The molecule has 0 fully saturated rings. The van der Waals surface area contributed by atoms with Gasteiger partial charge < -0.3 is 14.6 Å². The van der Waals surface area contributed by atoms with E-state index < -0.39 is 27.9 Å². The van der Waals surface area contributed by atoms with Crippen LogP contribution in [0.4, 0.5) is 0 Å². The molecule has 14 heteroatoms. The van der Waals surface area contributed by atoms with Crippen molar-refractivity contribution in [3.63, 3.8) is 0 Å². The van der Waals surface area contributed by atoms with Gasteiger partial charge in [0.25, 0.3) is 5.91 Å². The van der Waals surface area contributed by atoms with E-state index in [9.17, 15) is 24.1 Å². The van der Waals surface area contributed by atoms with Crippen molar-refractivity contribution in [2.24, 2.45) is 10.3 Å². The summed E-state index contributed by atoms with van der Waals surface area (Å²) in [5.74, 6) is -2.56. The Bertz CT molecular complexity index is 1360. The molecule has 1 N–H and O–H groups in total. The quantitative estimate of drug-likeness (QED) is 0.0362. The number of hydrogen-bond acceptors (Lipinski definition) is 10. The molecule has 218 valence electrons. The summed E-state index contributed by atoms with van der Waals surface area (Å²) >= 11 is 2.92. The highest BCUT2D eigenvalue weighted by Gasteiger charge is 2.28. The molecule has 0 heterocycles.